The summed E-state index contributed by atoms with van der Waals surface area (Å²) in [7, 11) is 0. The van der Waals surface area contributed by atoms with E-state index in [1.165, 1.54) is 24.3 Å². The van der Waals surface area contributed by atoms with Gasteiger partial charge in [-0.1, -0.05) is 0 Å². The van der Waals surface area contributed by atoms with Gasteiger partial charge in [-0.3, -0.25) is 4.79 Å². The summed E-state index contributed by atoms with van der Waals surface area (Å²) in [6.45, 7) is 2.28. The summed E-state index contributed by atoms with van der Waals surface area (Å²) >= 11 is 0. The monoisotopic (exact) mass is 293 g/mol. The molecule has 1 atom stereocenters. The van der Waals surface area contributed by atoms with Crippen LogP contribution in [0.15, 0.2) is 24.3 Å². The fourth-order valence-corrected chi connectivity index (χ4v) is 2.76. The number of hydrogen-bond acceptors (Lipinski definition) is 2. The normalized spacial score (nSPS) is 22.8. The number of nitrogens with zero attached hydrogens (tertiary/aromatic N) is 1. The van der Waals surface area contributed by atoms with Crippen LogP contribution in [0, 0.1) is 17.6 Å². The number of rotatable bonds is 3. The number of halogens is 2. The van der Waals surface area contributed by atoms with Crippen LogP contribution < -0.4 is 0 Å². The number of carbonyl (C=O) groups excluding carboxylic acids is 1. The topological polar surface area (TPSA) is 32.8 Å². The second kappa shape index (κ2) is 5.93. The molecule has 1 aromatic carbocycles. The number of ether oxygens (including phenoxy) is 1. The summed E-state index contributed by atoms with van der Waals surface area (Å²) in [5, 5.41) is 0. The van der Waals surface area contributed by atoms with Crippen LogP contribution >= 0.6 is 0 Å². The molecule has 2 aliphatic rings. The number of epoxide rings is 1. The summed E-state index contributed by atoms with van der Waals surface area (Å²) in [4.78, 5) is 13.8. The van der Waals surface area contributed by atoms with Crippen molar-refractivity contribution in [3.05, 3.63) is 41.5 Å². The number of carbonyl (C=O) groups is 1. The average molecular weight is 293 g/mol. The molecule has 2 aliphatic heterocycles. The maximum absolute atomic E-state index is 13.1. The molecule has 112 valence electrons. The summed E-state index contributed by atoms with van der Waals surface area (Å²) in [6, 6.07) is 3.21. The van der Waals surface area contributed by atoms with E-state index in [2.05, 4.69) is 0 Å². The molecule has 3 rings (SSSR count). The van der Waals surface area contributed by atoms with Gasteiger partial charge >= 0.3 is 0 Å². The number of likely N-dealkylation sites (tertiary alicyclic amines) is 1. The van der Waals surface area contributed by atoms with Gasteiger partial charge in [0, 0.05) is 25.2 Å². The van der Waals surface area contributed by atoms with Crippen LogP contribution in [0.4, 0.5) is 8.78 Å². The predicted octanol–water partition coefficient (Wildman–Crippen LogP) is 2.62. The molecule has 2 heterocycles. The van der Waals surface area contributed by atoms with Gasteiger partial charge in [0.05, 0.1) is 12.7 Å². The van der Waals surface area contributed by atoms with Gasteiger partial charge < -0.3 is 9.64 Å². The van der Waals surface area contributed by atoms with Gasteiger partial charge in [0.25, 0.3) is 0 Å². The first-order chi connectivity index (χ1) is 10.1. The van der Waals surface area contributed by atoms with E-state index in [1.54, 1.807) is 4.90 Å². The highest BCUT2D eigenvalue weighted by molar-refractivity contribution is 5.91. The van der Waals surface area contributed by atoms with Crippen molar-refractivity contribution >= 4 is 12.0 Å². The van der Waals surface area contributed by atoms with E-state index >= 15 is 0 Å². The molecule has 2 saturated heterocycles. The third-order valence-electron chi connectivity index (χ3n) is 4.04. The van der Waals surface area contributed by atoms with Crippen LogP contribution in [0.1, 0.15) is 18.4 Å². The number of hydrogen-bond donors (Lipinski definition) is 0. The Labute approximate surface area is 122 Å². The maximum Gasteiger partial charge on any atom is 0.246 e. The Morgan fingerprint density at radius 1 is 1.19 bits per heavy atom. The molecule has 0 N–H and O–H groups in total. The minimum absolute atomic E-state index is 0.116. The SMILES string of the molecule is O=C(C=Cc1cc(F)cc(F)c1)N1CCC([C@@H]2CO2)CC1. The molecular formula is C16H17F2NO2. The lowest BCUT2D eigenvalue weighted by Gasteiger charge is -2.30. The van der Waals surface area contributed by atoms with Gasteiger partial charge in [0.15, 0.2) is 0 Å². The van der Waals surface area contributed by atoms with Crippen molar-refractivity contribution in [2.45, 2.75) is 18.9 Å². The van der Waals surface area contributed by atoms with E-state index in [9.17, 15) is 13.6 Å². The van der Waals surface area contributed by atoms with E-state index in [1.807, 2.05) is 0 Å². The summed E-state index contributed by atoms with van der Waals surface area (Å²) < 4.78 is 31.4. The van der Waals surface area contributed by atoms with Crippen molar-refractivity contribution < 1.29 is 18.3 Å². The predicted molar refractivity (Wildman–Crippen MR) is 74.4 cm³/mol. The lowest BCUT2D eigenvalue weighted by atomic mass is 9.94. The molecule has 1 amide bonds. The average Bonchev–Trinajstić information content (AvgIpc) is 3.28. The van der Waals surface area contributed by atoms with E-state index in [4.69, 9.17) is 4.74 Å². The molecule has 0 unspecified atom stereocenters. The third-order valence-corrected chi connectivity index (χ3v) is 4.04. The molecule has 1 aromatic rings. The maximum atomic E-state index is 13.1. The fraction of sp³-hybridized carbons (Fsp3) is 0.438. The lowest BCUT2D eigenvalue weighted by molar-refractivity contribution is -0.127. The molecule has 0 aromatic heterocycles. The molecule has 5 heteroatoms. The van der Waals surface area contributed by atoms with E-state index in [0.717, 1.165) is 25.5 Å². The first-order valence-electron chi connectivity index (χ1n) is 7.16. The Hall–Kier alpha value is -1.75. The quantitative estimate of drug-likeness (QED) is 0.634. The van der Waals surface area contributed by atoms with Crippen LogP contribution in [0.2, 0.25) is 0 Å². The number of piperidine rings is 1. The summed E-state index contributed by atoms with van der Waals surface area (Å²) in [5.74, 6) is -0.843. The molecule has 0 radical (unpaired) electrons. The zero-order valence-corrected chi connectivity index (χ0v) is 11.6. The first kappa shape index (κ1) is 14.2. The highest BCUT2D eigenvalue weighted by Gasteiger charge is 2.35. The van der Waals surface area contributed by atoms with Crippen molar-refractivity contribution in [3.8, 4) is 0 Å². The van der Waals surface area contributed by atoms with Gasteiger partial charge in [-0.15, -0.1) is 0 Å². The van der Waals surface area contributed by atoms with Crippen LogP contribution in [0.5, 0.6) is 0 Å². The minimum Gasteiger partial charge on any atom is -0.373 e. The Balaban J connectivity index is 1.57. The largest absolute Gasteiger partial charge is 0.373 e. The zero-order valence-electron chi connectivity index (χ0n) is 11.6. The second-order valence-corrected chi connectivity index (χ2v) is 5.57. The highest BCUT2D eigenvalue weighted by atomic mass is 19.1. The van der Waals surface area contributed by atoms with Crippen LogP contribution in [-0.2, 0) is 9.53 Å². The summed E-state index contributed by atoms with van der Waals surface area (Å²) in [6.07, 6.45) is 5.14. The first-order valence-corrected chi connectivity index (χ1v) is 7.16. The van der Waals surface area contributed by atoms with E-state index < -0.39 is 11.6 Å². The molecule has 21 heavy (non-hydrogen) atoms. The van der Waals surface area contributed by atoms with Crippen LogP contribution in [0.25, 0.3) is 6.08 Å². The number of benzene rings is 1. The van der Waals surface area contributed by atoms with Crippen LogP contribution in [0.3, 0.4) is 0 Å². The molecule has 3 nitrogen and oxygen atoms in total. The van der Waals surface area contributed by atoms with Crippen molar-refractivity contribution in [1.29, 1.82) is 0 Å². The molecule has 0 aliphatic carbocycles. The van der Waals surface area contributed by atoms with Gasteiger partial charge in [0.2, 0.25) is 5.91 Å². The van der Waals surface area contributed by atoms with Gasteiger partial charge in [-0.05, 0) is 42.5 Å². The fourth-order valence-electron chi connectivity index (χ4n) is 2.76. The van der Waals surface area contributed by atoms with Gasteiger partial charge in [-0.25, -0.2) is 8.78 Å². The molecular weight excluding hydrogens is 276 g/mol. The van der Waals surface area contributed by atoms with Crippen molar-refractivity contribution in [2.75, 3.05) is 19.7 Å². The molecule has 0 bridgehead atoms. The Morgan fingerprint density at radius 2 is 1.81 bits per heavy atom. The van der Waals surface area contributed by atoms with Crippen molar-refractivity contribution in [1.82, 2.24) is 4.90 Å². The van der Waals surface area contributed by atoms with Gasteiger partial charge in [0.1, 0.15) is 11.6 Å². The Kier molecular flexibility index (Phi) is 4.01. The highest BCUT2D eigenvalue weighted by Crippen LogP contribution is 2.29. The lowest BCUT2D eigenvalue weighted by Crippen LogP contribution is -2.38. The third kappa shape index (κ3) is 3.67. The smallest absolute Gasteiger partial charge is 0.246 e. The van der Waals surface area contributed by atoms with Crippen LogP contribution in [-0.4, -0.2) is 36.6 Å². The Bertz CT molecular complexity index is 541. The Morgan fingerprint density at radius 3 is 2.38 bits per heavy atom. The van der Waals surface area contributed by atoms with Crippen molar-refractivity contribution in [3.63, 3.8) is 0 Å². The minimum atomic E-state index is -0.646. The molecule has 2 fully saturated rings. The van der Waals surface area contributed by atoms with E-state index in [-0.39, 0.29) is 5.91 Å². The van der Waals surface area contributed by atoms with Gasteiger partial charge in [-0.2, -0.15) is 0 Å². The molecule has 0 saturated carbocycles. The standard InChI is InChI=1S/C16H17F2NO2/c17-13-7-11(8-14(18)9-13)1-2-16(20)19-5-3-12(4-6-19)15-10-21-15/h1-2,7-9,12,15H,3-6,10H2/t15-/m0/s1. The second-order valence-electron chi connectivity index (χ2n) is 5.57. The zero-order chi connectivity index (χ0) is 14.8. The molecule has 0 spiro atoms. The van der Waals surface area contributed by atoms with E-state index in [0.29, 0.717) is 30.7 Å². The van der Waals surface area contributed by atoms with Crippen molar-refractivity contribution in [2.24, 2.45) is 5.92 Å². The summed E-state index contributed by atoms with van der Waals surface area (Å²) in [5.41, 5.74) is 0.349. The number of amides is 1.